The van der Waals surface area contributed by atoms with E-state index in [1.165, 1.54) is 11.3 Å². The smallest absolute Gasteiger partial charge is 0.179 e. The summed E-state index contributed by atoms with van der Waals surface area (Å²) in [5.74, 6) is -0.764. The number of carbonyl (C=O) groups excluding carboxylic acids is 1. The van der Waals surface area contributed by atoms with Crippen LogP contribution in [0.4, 0.5) is 0 Å². The summed E-state index contributed by atoms with van der Waals surface area (Å²) in [5, 5.41) is 2.87. The molecule has 0 saturated carbocycles. The van der Waals surface area contributed by atoms with Gasteiger partial charge in [0, 0.05) is 16.5 Å². The molecule has 0 fully saturated rings. The van der Waals surface area contributed by atoms with E-state index in [9.17, 15) is 13.2 Å². The number of thiophene rings is 1. The lowest BCUT2D eigenvalue weighted by Crippen LogP contribution is -2.14. The Labute approximate surface area is 97.6 Å². The van der Waals surface area contributed by atoms with Gasteiger partial charge in [-0.1, -0.05) is 12.1 Å². The average Bonchev–Trinajstić information content (AvgIpc) is 2.61. The second kappa shape index (κ2) is 3.99. The highest BCUT2D eigenvalue weighted by Crippen LogP contribution is 2.25. The van der Waals surface area contributed by atoms with Crippen LogP contribution in [0, 0.1) is 0 Å². The molecule has 0 unspecified atom stereocenters. The van der Waals surface area contributed by atoms with Crippen LogP contribution >= 0.6 is 11.3 Å². The lowest BCUT2D eigenvalue weighted by Gasteiger charge is -2.01. The molecule has 0 N–H and O–H groups in total. The van der Waals surface area contributed by atoms with Gasteiger partial charge >= 0.3 is 0 Å². The summed E-state index contributed by atoms with van der Waals surface area (Å²) in [7, 11) is -3.27. The third-order valence-electron chi connectivity index (χ3n) is 2.17. The summed E-state index contributed by atoms with van der Waals surface area (Å²) in [6, 6.07) is 7.26. The van der Waals surface area contributed by atoms with Crippen LogP contribution in [-0.2, 0) is 9.84 Å². The fraction of sp³-hybridized carbons (Fsp3) is 0.182. The molecule has 2 rings (SSSR count). The molecule has 3 nitrogen and oxygen atoms in total. The van der Waals surface area contributed by atoms with E-state index in [1.54, 1.807) is 12.1 Å². The Bertz CT molecular complexity index is 638. The molecule has 0 aliphatic rings. The number of fused-ring (bicyclic) bond motifs is 1. The molecule has 0 amide bonds. The molecule has 0 atom stereocenters. The molecule has 84 valence electrons. The molecular formula is C11H10O3S2. The topological polar surface area (TPSA) is 51.2 Å². The van der Waals surface area contributed by atoms with Gasteiger partial charge in [0.05, 0.1) is 0 Å². The zero-order valence-electron chi connectivity index (χ0n) is 8.64. The van der Waals surface area contributed by atoms with Gasteiger partial charge in [-0.15, -0.1) is 11.3 Å². The van der Waals surface area contributed by atoms with Gasteiger partial charge in [-0.2, -0.15) is 0 Å². The number of ketones is 1. The minimum absolute atomic E-state index is 0.337. The molecule has 16 heavy (non-hydrogen) atoms. The van der Waals surface area contributed by atoms with Crippen molar-refractivity contribution in [3.63, 3.8) is 0 Å². The molecule has 5 heteroatoms. The SMILES string of the molecule is CS(=O)(=O)CC(=O)c1cccc2ccsc12. The van der Waals surface area contributed by atoms with Crippen molar-refractivity contribution in [2.45, 2.75) is 0 Å². The van der Waals surface area contributed by atoms with E-state index in [0.29, 0.717) is 5.56 Å². The van der Waals surface area contributed by atoms with Crippen molar-refractivity contribution in [3.8, 4) is 0 Å². The largest absolute Gasteiger partial charge is 0.293 e. The zero-order chi connectivity index (χ0) is 11.8. The Morgan fingerprint density at radius 2 is 2.06 bits per heavy atom. The maximum Gasteiger partial charge on any atom is 0.179 e. The van der Waals surface area contributed by atoms with Crippen molar-refractivity contribution in [2.24, 2.45) is 0 Å². The highest BCUT2D eigenvalue weighted by Gasteiger charge is 2.15. The summed E-state index contributed by atoms with van der Waals surface area (Å²) in [6.45, 7) is 0. The number of sulfone groups is 1. The fourth-order valence-corrected chi connectivity index (χ4v) is 3.09. The number of hydrogen-bond acceptors (Lipinski definition) is 4. The summed E-state index contributed by atoms with van der Waals surface area (Å²) >= 11 is 1.45. The quantitative estimate of drug-likeness (QED) is 0.788. The van der Waals surface area contributed by atoms with Crippen molar-refractivity contribution < 1.29 is 13.2 Å². The van der Waals surface area contributed by atoms with E-state index in [-0.39, 0.29) is 5.78 Å². The second-order valence-electron chi connectivity index (χ2n) is 3.64. The third-order valence-corrected chi connectivity index (χ3v) is 3.92. The first-order valence-electron chi connectivity index (χ1n) is 4.64. The normalized spacial score (nSPS) is 11.8. The maximum absolute atomic E-state index is 11.8. The van der Waals surface area contributed by atoms with E-state index in [4.69, 9.17) is 0 Å². The maximum atomic E-state index is 11.8. The molecule has 0 spiro atoms. The molecule has 0 saturated heterocycles. The molecule has 1 aromatic carbocycles. The predicted octanol–water partition coefficient (Wildman–Crippen LogP) is 2.13. The molecule has 0 aliphatic carbocycles. The van der Waals surface area contributed by atoms with Crippen LogP contribution in [0.25, 0.3) is 10.1 Å². The molecular weight excluding hydrogens is 244 g/mol. The lowest BCUT2D eigenvalue weighted by atomic mass is 10.1. The van der Waals surface area contributed by atoms with Crippen molar-refractivity contribution >= 4 is 37.0 Å². The Hall–Kier alpha value is -1.20. The van der Waals surface area contributed by atoms with Gasteiger partial charge in [-0.3, -0.25) is 4.79 Å². The summed E-state index contributed by atoms with van der Waals surface area (Å²) in [4.78, 5) is 11.8. The predicted molar refractivity (Wildman–Crippen MR) is 65.9 cm³/mol. The number of hydrogen-bond donors (Lipinski definition) is 0. The van der Waals surface area contributed by atoms with Crippen LogP contribution in [-0.4, -0.2) is 26.2 Å². The van der Waals surface area contributed by atoms with Crippen molar-refractivity contribution in [2.75, 3.05) is 12.0 Å². The van der Waals surface area contributed by atoms with Crippen LogP contribution in [0.3, 0.4) is 0 Å². The Morgan fingerprint density at radius 3 is 2.75 bits per heavy atom. The first-order chi connectivity index (χ1) is 7.47. The Morgan fingerprint density at radius 1 is 1.31 bits per heavy atom. The highest BCUT2D eigenvalue weighted by molar-refractivity contribution is 7.91. The fourth-order valence-electron chi connectivity index (χ4n) is 1.53. The first kappa shape index (κ1) is 11.3. The monoisotopic (exact) mass is 254 g/mol. The van der Waals surface area contributed by atoms with Crippen LogP contribution in [0.1, 0.15) is 10.4 Å². The Kier molecular flexibility index (Phi) is 2.82. The van der Waals surface area contributed by atoms with Gasteiger partial charge in [0.2, 0.25) is 0 Å². The lowest BCUT2D eigenvalue weighted by molar-refractivity contribution is 0.102. The van der Waals surface area contributed by atoms with Gasteiger partial charge in [0.1, 0.15) is 5.75 Å². The van der Waals surface area contributed by atoms with Crippen LogP contribution in [0.15, 0.2) is 29.6 Å². The zero-order valence-corrected chi connectivity index (χ0v) is 10.3. The van der Waals surface area contributed by atoms with Crippen LogP contribution in [0.2, 0.25) is 0 Å². The number of Topliss-reactive ketones (excluding diaryl/α,β-unsaturated/α-hetero) is 1. The van der Waals surface area contributed by atoms with Crippen molar-refractivity contribution in [3.05, 3.63) is 35.2 Å². The number of rotatable bonds is 3. The Balaban J connectivity index is 2.47. The van der Waals surface area contributed by atoms with E-state index < -0.39 is 15.6 Å². The summed E-state index contributed by atoms with van der Waals surface area (Å²) < 4.78 is 23.0. The van der Waals surface area contributed by atoms with Crippen molar-refractivity contribution in [1.82, 2.24) is 0 Å². The van der Waals surface area contributed by atoms with Gasteiger partial charge in [0.25, 0.3) is 0 Å². The van der Waals surface area contributed by atoms with Gasteiger partial charge in [-0.05, 0) is 22.9 Å². The van der Waals surface area contributed by atoms with Crippen LogP contribution < -0.4 is 0 Å². The summed E-state index contributed by atoms with van der Waals surface area (Å²) in [5.41, 5.74) is 0.498. The first-order valence-corrected chi connectivity index (χ1v) is 7.58. The standard InChI is InChI=1S/C11H10O3S2/c1-16(13,14)7-10(12)9-4-2-3-8-5-6-15-11(8)9/h2-6H,7H2,1H3. The van der Waals surface area contributed by atoms with Crippen LogP contribution in [0.5, 0.6) is 0 Å². The molecule has 1 heterocycles. The van der Waals surface area contributed by atoms with Gasteiger partial charge < -0.3 is 0 Å². The molecule has 0 aliphatic heterocycles. The minimum atomic E-state index is -3.27. The minimum Gasteiger partial charge on any atom is -0.293 e. The van der Waals surface area contributed by atoms with Gasteiger partial charge in [0.15, 0.2) is 15.6 Å². The van der Waals surface area contributed by atoms with E-state index in [0.717, 1.165) is 16.3 Å². The second-order valence-corrected chi connectivity index (χ2v) is 6.69. The molecule has 1 aromatic heterocycles. The third kappa shape index (κ3) is 2.31. The average molecular weight is 254 g/mol. The van der Waals surface area contributed by atoms with Gasteiger partial charge in [-0.25, -0.2) is 8.42 Å². The number of carbonyl (C=O) groups is 1. The molecule has 0 radical (unpaired) electrons. The highest BCUT2D eigenvalue weighted by atomic mass is 32.2. The summed E-state index contributed by atoms with van der Waals surface area (Å²) in [6.07, 6.45) is 1.07. The number of benzene rings is 1. The van der Waals surface area contributed by atoms with E-state index in [2.05, 4.69) is 0 Å². The molecule has 2 aromatic rings. The van der Waals surface area contributed by atoms with Crippen molar-refractivity contribution in [1.29, 1.82) is 0 Å². The molecule has 0 bridgehead atoms. The van der Waals surface area contributed by atoms with E-state index >= 15 is 0 Å². The van der Waals surface area contributed by atoms with E-state index in [1.807, 2.05) is 17.5 Å².